The number of unbranched alkanes of at least 4 members (excludes halogenated alkanes) is 43. The van der Waals surface area contributed by atoms with Crippen molar-refractivity contribution in [2.75, 3.05) is 6.61 Å². The molecule has 0 radical (unpaired) electrons. The molecule has 0 aliphatic carbocycles. The molecule has 418 valence electrons. The molecule has 5 heteroatoms. The lowest BCUT2D eigenvalue weighted by Gasteiger charge is -2.26. The normalized spacial score (nSPS) is 13.5. The van der Waals surface area contributed by atoms with E-state index in [-0.39, 0.29) is 12.5 Å². The Morgan fingerprint density at radius 1 is 0.352 bits per heavy atom. The minimum Gasteiger partial charge on any atom is -0.394 e. The number of aliphatic hydroxyl groups excluding tert-OH is 3. The van der Waals surface area contributed by atoms with Crippen LogP contribution in [0.25, 0.3) is 0 Å². The number of allylic oxidation sites excluding steroid dienone is 8. The maximum Gasteiger partial charge on any atom is 0.220 e. The van der Waals surface area contributed by atoms with Crippen LogP contribution in [0.15, 0.2) is 48.6 Å². The summed E-state index contributed by atoms with van der Waals surface area (Å²) in [6.07, 6.45) is 81.6. The molecule has 0 heterocycles. The minimum absolute atomic E-state index is 0.154. The molecule has 3 unspecified atom stereocenters. The fraction of sp³-hybridized carbons (Fsp3) is 0.864. The van der Waals surface area contributed by atoms with Gasteiger partial charge in [-0.3, -0.25) is 4.79 Å². The molecule has 5 nitrogen and oxygen atoms in total. The second-order valence-electron chi connectivity index (χ2n) is 21.9. The maximum atomic E-state index is 12.6. The molecule has 0 fully saturated rings. The maximum absolute atomic E-state index is 12.6. The van der Waals surface area contributed by atoms with Gasteiger partial charge in [-0.25, -0.2) is 0 Å². The van der Waals surface area contributed by atoms with Gasteiger partial charge in [-0.1, -0.05) is 300 Å². The first-order valence-corrected chi connectivity index (χ1v) is 31.9. The molecule has 0 aromatic heterocycles. The first-order chi connectivity index (χ1) is 35.1. The quantitative estimate of drug-likeness (QED) is 0.0361. The summed E-state index contributed by atoms with van der Waals surface area (Å²) in [4.78, 5) is 12.6. The van der Waals surface area contributed by atoms with E-state index in [1.54, 1.807) is 0 Å². The Morgan fingerprint density at radius 3 is 0.944 bits per heavy atom. The van der Waals surface area contributed by atoms with Crippen molar-refractivity contribution in [1.82, 2.24) is 5.32 Å². The lowest BCUT2D eigenvalue weighted by molar-refractivity contribution is -0.124. The van der Waals surface area contributed by atoms with Crippen LogP contribution in [0.3, 0.4) is 0 Å². The van der Waals surface area contributed by atoms with E-state index in [4.69, 9.17) is 0 Å². The number of hydrogen-bond donors (Lipinski definition) is 4. The SMILES string of the molecule is CCCCCCCCCCC/C=C\C/C=C\CCCCCCCCCCCCCCCCCCCC(=O)NC(CO)C(O)C(O)CCC/C=C/CC/C=C/CCCCCCCCCCCCCCCCC. The minimum atomic E-state index is -1.17. The molecule has 71 heavy (non-hydrogen) atoms. The topological polar surface area (TPSA) is 89.8 Å². The number of nitrogens with one attached hydrogen (secondary N) is 1. The molecule has 0 aliphatic heterocycles. The predicted molar refractivity (Wildman–Crippen MR) is 314 cm³/mol. The zero-order valence-electron chi connectivity index (χ0n) is 47.9. The summed E-state index contributed by atoms with van der Waals surface area (Å²) >= 11 is 0. The molecular weight excluding hydrogens is 871 g/mol. The van der Waals surface area contributed by atoms with Crippen LogP contribution < -0.4 is 5.32 Å². The molecule has 0 rings (SSSR count). The zero-order valence-corrected chi connectivity index (χ0v) is 47.9. The Balaban J connectivity index is 3.55. The fourth-order valence-corrected chi connectivity index (χ4v) is 9.98. The lowest BCUT2D eigenvalue weighted by Crippen LogP contribution is -2.50. The van der Waals surface area contributed by atoms with Gasteiger partial charge in [-0.05, 0) is 83.5 Å². The standard InChI is InChI=1S/C66H125NO4/c1-3-5-7-9-11-13-15-17-19-21-23-25-27-29-30-31-32-33-34-35-36-37-39-41-43-45-47-49-51-53-55-57-59-61-65(70)67-63(62-68)66(71)64(69)60-58-56-54-52-50-48-46-44-42-40-38-28-26-24-22-20-18-16-14-12-10-8-6-4-2/h23,25,29-30,44,46,52,54,63-64,66,68-69,71H,3-22,24,26-28,31-43,45,47-51,53,55-62H2,1-2H3,(H,67,70)/b25-23-,30-29-,46-44+,54-52+. The predicted octanol–water partition coefficient (Wildman–Crippen LogP) is 20.3. The smallest absolute Gasteiger partial charge is 0.220 e. The molecule has 0 aromatic rings. The highest BCUT2D eigenvalue weighted by Gasteiger charge is 2.26. The van der Waals surface area contributed by atoms with Crippen molar-refractivity contribution in [2.24, 2.45) is 0 Å². The summed E-state index contributed by atoms with van der Waals surface area (Å²) in [6, 6.07) is -0.834. The van der Waals surface area contributed by atoms with Crippen molar-refractivity contribution < 1.29 is 20.1 Å². The van der Waals surface area contributed by atoms with Gasteiger partial charge in [0.05, 0.1) is 18.8 Å². The zero-order chi connectivity index (χ0) is 51.4. The van der Waals surface area contributed by atoms with E-state index in [1.807, 2.05) is 0 Å². The molecule has 0 saturated heterocycles. The largest absolute Gasteiger partial charge is 0.394 e. The van der Waals surface area contributed by atoms with Crippen molar-refractivity contribution in [1.29, 1.82) is 0 Å². The van der Waals surface area contributed by atoms with Crippen molar-refractivity contribution in [2.45, 2.75) is 360 Å². The molecule has 0 saturated carbocycles. The van der Waals surface area contributed by atoms with Gasteiger partial charge in [0.2, 0.25) is 5.91 Å². The highest BCUT2D eigenvalue weighted by atomic mass is 16.3. The first-order valence-electron chi connectivity index (χ1n) is 31.9. The molecule has 0 bridgehead atoms. The number of aliphatic hydroxyl groups is 3. The second-order valence-corrected chi connectivity index (χ2v) is 21.9. The van der Waals surface area contributed by atoms with Crippen molar-refractivity contribution in [3.63, 3.8) is 0 Å². The van der Waals surface area contributed by atoms with E-state index in [2.05, 4.69) is 67.8 Å². The van der Waals surface area contributed by atoms with Gasteiger partial charge in [-0.2, -0.15) is 0 Å². The van der Waals surface area contributed by atoms with Gasteiger partial charge >= 0.3 is 0 Å². The first kappa shape index (κ1) is 69.3. The van der Waals surface area contributed by atoms with Gasteiger partial charge in [0, 0.05) is 6.42 Å². The highest BCUT2D eigenvalue weighted by Crippen LogP contribution is 2.18. The van der Waals surface area contributed by atoms with Crippen LogP contribution in [0.4, 0.5) is 0 Å². The highest BCUT2D eigenvalue weighted by molar-refractivity contribution is 5.76. The lowest BCUT2D eigenvalue weighted by atomic mass is 10.0. The number of hydrogen-bond acceptors (Lipinski definition) is 4. The summed E-state index contributed by atoms with van der Waals surface area (Å²) in [7, 11) is 0. The van der Waals surface area contributed by atoms with Crippen LogP contribution in [-0.2, 0) is 4.79 Å². The third kappa shape index (κ3) is 55.9. The van der Waals surface area contributed by atoms with Gasteiger partial charge in [0.15, 0.2) is 0 Å². The van der Waals surface area contributed by atoms with Crippen LogP contribution >= 0.6 is 0 Å². The third-order valence-electron chi connectivity index (χ3n) is 14.9. The van der Waals surface area contributed by atoms with Crippen LogP contribution in [-0.4, -0.2) is 46.1 Å². The molecule has 0 aliphatic rings. The average Bonchev–Trinajstić information content (AvgIpc) is 3.37. The molecule has 3 atom stereocenters. The van der Waals surface area contributed by atoms with Crippen molar-refractivity contribution in [3.05, 3.63) is 48.6 Å². The number of rotatable bonds is 59. The fourth-order valence-electron chi connectivity index (χ4n) is 9.98. The average molecular weight is 997 g/mol. The van der Waals surface area contributed by atoms with E-state index < -0.39 is 18.2 Å². The Labute approximate surface area is 444 Å². The van der Waals surface area contributed by atoms with Crippen LogP contribution in [0.5, 0.6) is 0 Å². The van der Waals surface area contributed by atoms with E-state index in [9.17, 15) is 20.1 Å². The Bertz CT molecular complexity index is 1150. The van der Waals surface area contributed by atoms with Crippen LogP contribution in [0.2, 0.25) is 0 Å². The summed E-state index contributed by atoms with van der Waals surface area (Å²) < 4.78 is 0. The van der Waals surface area contributed by atoms with Gasteiger partial charge in [0.25, 0.3) is 0 Å². The van der Waals surface area contributed by atoms with Gasteiger partial charge in [-0.15, -0.1) is 0 Å². The second kappa shape index (κ2) is 60.9. The molecule has 0 aromatic carbocycles. The van der Waals surface area contributed by atoms with E-state index in [0.717, 1.165) is 51.4 Å². The van der Waals surface area contributed by atoms with Crippen molar-refractivity contribution in [3.8, 4) is 0 Å². The monoisotopic (exact) mass is 996 g/mol. The summed E-state index contributed by atoms with van der Waals surface area (Å²) in [5.41, 5.74) is 0. The number of carbonyl (C=O) groups excluding carboxylic acids is 1. The van der Waals surface area contributed by atoms with Gasteiger partial charge < -0.3 is 20.6 Å². The number of amides is 1. The third-order valence-corrected chi connectivity index (χ3v) is 14.9. The van der Waals surface area contributed by atoms with E-state index in [1.165, 1.54) is 263 Å². The Kier molecular flexibility index (Phi) is 59.4. The Morgan fingerprint density at radius 2 is 0.620 bits per heavy atom. The Hall–Kier alpha value is -1.69. The van der Waals surface area contributed by atoms with Gasteiger partial charge in [0.1, 0.15) is 6.10 Å². The number of carbonyl (C=O) groups is 1. The van der Waals surface area contributed by atoms with E-state index >= 15 is 0 Å². The van der Waals surface area contributed by atoms with Crippen LogP contribution in [0, 0.1) is 0 Å². The molecule has 0 spiro atoms. The summed E-state index contributed by atoms with van der Waals surface area (Å²) in [5.74, 6) is -0.154. The van der Waals surface area contributed by atoms with Crippen LogP contribution in [0.1, 0.15) is 341 Å². The summed E-state index contributed by atoms with van der Waals surface area (Å²) in [6.45, 7) is 4.20. The molecular formula is C66H125NO4. The molecule has 1 amide bonds. The van der Waals surface area contributed by atoms with Crippen molar-refractivity contribution >= 4 is 5.91 Å². The summed E-state index contributed by atoms with van der Waals surface area (Å²) in [5, 5.41) is 33.8. The molecule has 4 N–H and O–H groups in total. The van der Waals surface area contributed by atoms with E-state index in [0.29, 0.717) is 12.8 Å².